The Hall–Kier alpha value is -3.14. The summed E-state index contributed by atoms with van der Waals surface area (Å²) in [6.45, 7) is 0. The van der Waals surface area contributed by atoms with Crippen molar-refractivity contribution in [2.24, 2.45) is 0 Å². The summed E-state index contributed by atoms with van der Waals surface area (Å²) in [4.78, 5) is 12.4. The van der Waals surface area contributed by atoms with E-state index in [-0.39, 0.29) is 5.91 Å². The summed E-state index contributed by atoms with van der Waals surface area (Å²) in [5.41, 5.74) is 2.32. The normalized spacial score (nSPS) is 10.9. The molecule has 0 aliphatic heterocycles. The number of benzene rings is 3. The molecule has 0 radical (unpaired) electrons. The van der Waals surface area contributed by atoms with E-state index in [0.29, 0.717) is 5.56 Å². The van der Waals surface area contributed by atoms with E-state index >= 15 is 0 Å². The molecule has 4 rings (SSSR count). The molecular formula is C18H13N3O. The fourth-order valence-electron chi connectivity index (χ4n) is 2.55. The summed E-state index contributed by atoms with van der Waals surface area (Å²) in [7, 11) is 0. The lowest BCUT2D eigenvalue weighted by Crippen LogP contribution is -2.11. The van der Waals surface area contributed by atoms with Gasteiger partial charge in [0, 0.05) is 16.6 Å². The van der Waals surface area contributed by atoms with Crippen LogP contribution in [0, 0.1) is 0 Å². The summed E-state index contributed by atoms with van der Waals surface area (Å²) in [5.74, 6) is -0.126. The average Bonchev–Trinajstić information content (AvgIpc) is 3.02. The number of amides is 1. The second kappa shape index (κ2) is 5.00. The van der Waals surface area contributed by atoms with E-state index in [4.69, 9.17) is 0 Å². The molecule has 0 unspecified atom stereocenters. The molecule has 106 valence electrons. The molecule has 0 atom stereocenters. The molecule has 0 fully saturated rings. The number of rotatable bonds is 2. The van der Waals surface area contributed by atoms with Crippen molar-refractivity contribution in [3.63, 3.8) is 0 Å². The van der Waals surface area contributed by atoms with Crippen molar-refractivity contribution in [2.45, 2.75) is 0 Å². The number of hydrogen-bond donors (Lipinski definition) is 2. The van der Waals surface area contributed by atoms with Gasteiger partial charge in [0.2, 0.25) is 0 Å². The predicted molar refractivity (Wildman–Crippen MR) is 88.0 cm³/mol. The zero-order valence-corrected chi connectivity index (χ0v) is 11.7. The minimum Gasteiger partial charge on any atom is -0.322 e. The fourth-order valence-corrected chi connectivity index (χ4v) is 2.55. The number of H-pyrrole nitrogens is 1. The molecule has 2 N–H and O–H groups in total. The number of carbonyl (C=O) groups is 1. The lowest BCUT2D eigenvalue weighted by Gasteiger charge is -2.07. The van der Waals surface area contributed by atoms with Crippen molar-refractivity contribution in [2.75, 3.05) is 5.32 Å². The van der Waals surface area contributed by atoms with E-state index in [1.165, 1.54) is 0 Å². The van der Waals surface area contributed by atoms with Crippen molar-refractivity contribution in [1.82, 2.24) is 10.2 Å². The average molecular weight is 287 g/mol. The Labute approximate surface area is 126 Å². The van der Waals surface area contributed by atoms with Crippen molar-refractivity contribution < 1.29 is 4.79 Å². The third-order valence-electron chi connectivity index (χ3n) is 3.71. The number of anilines is 1. The molecule has 0 spiro atoms. The Morgan fingerprint density at radius 1 is 0.909 bits per heavy atom. The summed E-state index contributed by atoms with van der Waals surface area (Å²) >= 11 is 0. The first-order valence-electron chi connectivity index (χ1n) is 7.03. The maximum atomic E-state index is 12.4. The summed E-state index contributed by atoms with van der Waals surface area (Å²) in [6, 6.07) is 19.4. The first-order valence-corrected chi connectivity index (χ1v) is 7.03. The molecule has 4 aromatic rings. The van der Waals surface area contributed by atoms with Crippen LogP contribution in [0.5, 0.6) is 0 Å². The van der Waals surface area contributed by atoms with Gasteiger partial charge in [-0.3, -0.25) is 9.89 Å². The number of hydrogen-bond acceptors (Lipinski definition) is 2. The largest absolute Gasteiger partial charge is 0.322 e. The van der Waals surface area contributed by atoms with Gasteiger partial charge in [0.15, 0.2) is 0 Å². The highest BCUT2D eigenvalue weighted by molar-refractivity contribution is 6.06. The molecule has 22 heavy (non-hydrogen) atoms. The third kappa shape index (κ3) is 2.20. The highest BCUT2D eigenvalue weighted by Crippen LogP contribution is 2.20. The van der Waals surface area contributed by atoms with Crippen LogP contribution in [0.15, 0.2) is 66.9 Å². The van der Waals surface area contributed by atoms with Gasteiger partial charge in [0.05, 0.1) is 11.7 Å². The molecule has 0 bridgehead atoms. The van der Waals surface area contributed by atoms with Crippen LogP contribution < -0.4 is 5.32 Å². The first kappa shape index (κ1) is 12.6. The Kier molecular flexibility index (Phi) is 2.86. The van der Waals surface area contributed by atoms with Crippen LogP contribution >= 0.6 is 0 Å². The van der Waals surface area contributed by atoms with Gasteiger partial charge in [0.25, 0.3) is 5.91 Å². The van der Waals surface area contributed by atoms with Crippen LogP contribution in [-0.2, 0) is 0 Å². The maximum Gasteiger partial charge on any atom is 0.255 e. The van der Waals surface area contributed by atoms with Crippen LogP contribution in [0.3, 0.4) is 0 Å². The Bertz CT molecular complexity index is 988. The van der Waals surface area contributed by atoms with E-state index < -0.39 is 0 Å². The van der Waals surface area contributed by atoms with Gasteiger partial charge in [0.1, 0.15) is 0 Å². The molecule has 0 saturated carbocycles. The predicted octanol–water partition coefficient (Wildman–Crippen LogP) is 3.97. The molecule has 1 heterocycles. The molecule has 1 amide bonds. The Morgan fingerprint density at radius 2 is 1.77 bits per heavy atom. The second-order valence-electron chi connectivity index (χ2n) is 5.19. The topological polar surface area (TPSA) is 57.8 Å². The standard InChI is InChI=1S/C18H13N3O/c22-18(14-6-8-17-15(9-14)11-19-21-17)20-16-7-5-12-3-1-2-4-13(12)10-16/h1-11H,(H,19,21)(H,20,22). The van der Waals surface area contributed by atoms with E-state index in [1.807, 2.05) is 54.6 Å². The highest BCUT2D eigenvalue weighted by Gasteiger charge is 2.08. The van der Waals surface area contributed by atoms with Gasteiger partial charge in [-0.25, -0.2) is 0 Å². The summed E-state index contributed by atoms with van der Waals surface area (Å²) in [6.07, 6.45) is 1.71. The second-order valence-corrected chi connectivity index (χ2v) is 5.19. The quantitative estimate of drug-likeness (QED) is 0.586. The van der Waals surface area contributed by atoms with Gasteiger partial charge in [-0.2, -0.15) is 5.10 Å². The fraction of sp³-hybridized carbons (Fsp3) is 0. The maximum absolute atomic E-state index is 12.4. The van der Waals surface area contributed by atoms with Crippen LogP contribution in [0.25, 0.3) is 21.7 Å². The lowest BCUT2D eigenvalue weighted by molar-refractivity contribution is 0.102. The number of aromatic nitrogens is 2. The zero-order valence-electron chi connectivity index (χ0n) is 11.7. The van der Waals surface area contributed by atoms with E-state index in [1.54, 1.807) is 12.3 Å². The molecule has 0 aliphatic rings. The molecule has 0 aliphatic carbocycles. The van der Waals surface area contributed by atoms with Crippen LogP contribution in [0.4, 0.5) is 5.69 Å². The summed E-state index contributed by atoms with van der Waals surface area (Å²) < 4.78 is 0. The molecule has 1 aromatic heterocycles. The van der Waals surface area contributed by atoms with Gasteiger partial charge >= 0.3 is 0 Å². The number of carbonyl (C=O) groups excluding carboxylic acids is 1. The highest BCUT2D eigenvalue weighted by atomic mass is 16.1. The smallest absolute Gasteiger partial charge is 0.255 e. The monoisotopic (exact) mass is 287 g/mol. The lowest BCUT2D eigenvalue weighted by atomic mass is 10.1. The van der Waals surface area contributed by atoms with Gasteiger partial charge < -0.3 is 5.32 Å². The third-order valence-corrected chi connectivity index (χ3v) is 3.71. The first-order chi connectivity index (χ1) is 10.8. The molecule has 4 nitrogen and oxygen atoms in total. The minimum atomic E-state index is -0.126. The minimum absolute atomic E-state index is 0.126. The van der Waals surface area contributed by atoms with Crippen LogP contribution in [-0.4, -0.2) is 16.1 Å². The number of nitrogens with one attached hydrogen (secondary N) is 2. The molecule has 3 aromatic carbocycles. The van der Waals surface area contributed by atoms with Gasteiger partial charge in [-0.1, -0.05) is 30.3 Å². The number of aromatic amines is 1. The zero-order chi connectivity index (χ0) is 14.9. The number of nitrogens with zero attached hydrogens (tertiary/aromatic N) is 1. The van der Waals surface area contributed by atoms with Crippen LogP contribution in [0.1, 0.15) is 10.4 Å². The van der Waals surface area contributed by atoms with Crippen molar-refractivity contribution in [3.8, 4) is 0 Å². The van der Waals surface area contributed by atoms with Gasteiger partial charge in [-0.05, 0) is 41.1 Å². The molecule has 4 heteroatoms. The van der Waals surface area contributed by atoms with Crippen molar-refractivity contribution in [1.29, 1.82) is 0 Å². The van der Waals surface area contributed by atoms with Crippen molar-refractivity contribution >= 4 is 33.3 Å². The van der Waals surface area contributed by atoms with Gasteiger partial charge in [-0.15, -0.1) is 0 Å². The summed E-state index contributed by atoms with van der Waals surface area (Å²) in [5, 5.41) is 13.0. The SMILES string of the molecule is O=C(Nc1ccc2ccccc2c1)c1ccc2[nH]ncc2c1. The van der Waals surface area contributed by atoms with E-state index in [2.05, 4.69) is 15.5 Å². The van der Waals surface area contributed by atoms with E-state index in [0.717, 1.165) is 27.4 Å². The molecular weight excluding hydrogens is 274 g/mol. The van der Waals surface area contributed by atoms with Crippen molar-refractivity contribution in [3.05, 3.63) is 72.4 Å². The Balaban J connectivity index is 1.64. The molecule has 0 saturated heterocycles. The van der Waals surface area contributed by atoms with Crippen LogP contribution in [0.2, 0.25) is 0 Å². The Morgan fingerprint density at radius 3 is 2.68 bits per heavy atom. The number of fused-ring (bicyclic) bond motifs is 2. The van der Waals surface area contributed by atoms with E-state index in [9.17, 15) is 4.79 Å².